The maximum atomic E-state index is 12.2. The molecule has 0 radical (unpaired) electrons. The molecule has 2 nitrogen and oxygen atoms in total. The quantitative estimate of drug-likeness (QED) is 0.712. The van der Waals surface area contributed by atoms with Crippen LogP contribution < -0.4 is 0 Å². The standard InChI is InChI=1S/C13H14BrNO/c1-13(2,3)12(16)15-7-6-9-8-10(14)4-5-11(9)15/h4-8H,1-3H3. The van der Waals surface area contributed by atoms with E-state index in [2.05, 4.69) is 15.9 Å². The fourth-order valence-corrected chi connectivity index (χ4v) is 2.03. The molecular weight excluding hydrogens is 266 g/mol. The summed E-state index contributed by atoms with van der Waals surface area (Å²) in [5.41, 5.74) is 0.599. The van der Waals surface area contributed by atoms with Gasteiger partial charge < -0.3 is 0 Å². The molecule has 16 heavy (non-hydrogen) atoms. The molecule has 0 amide bonds. The number of fused-ring (bicyclic) bond motifs is 1. The Bertz CT molecular complexity index is 549. The van der Waals surface area contributed by atoms with Crippen LogP contribution in [0.5, 0.6) is 0 Å². The number of halogens is 1. The summed E-state index contributed by atoms with van der Waals surface area (Å²) in [5, 5.41) is 1.08. The van der Waals surface area contributed by atoms with Gasteiger partial charge in [-0.05, 0) is 24.3 Å². The summed E-state index contributed by atoms with van der Waals surface area (Å²) in [5.74, 6) is 0.116. The predicted octanol–water partition coefficient (Wildman–Crippen LogP) is 4.09. The lowest BCUT2D eigenvalue weighted by Gasteiger charge is -2.17. The van der Waals surface area contributed by atoms with Gasteiger partial charge in [-0.1, -0.05) is 36.7 Å². The highest BCUT2D eigenvalue weighted by Crippen LogP contribution is 2.24. The maximum absolute atomic E-state index is 12.2. The summed E-state index contributed by atoms with van der Waals surface area (Å²) < 4.78 is 2.75. The third-order valence-electron chi connectivity index (χ3n) is 2.51. The van der Waals surface area contributed by atoms with Gasteiger partial charge in [0, 0.05) is 21.5 Å². The van der Waals surface area contributed by atoms with E-state index in [1.54, 1.807) is 4.57 Å². The minimum atomic E-state index is -0.362. The average Bonchev–Trinajstić information content (AvgIpc) is 2.57. The molecular formula is C13H14BrNO. The molecule has 2 rings (SSSR count). The van der Waals surface area contributed by atoms with Gasteiger partial charge in [0.05, 0.1) is 5.52 Å². The molecule has 0 saturated heterocycles. The second kappa shape index (κ2) is 3.74. The number of carbonyl (C=O) groups excluding carboxylic acids is 1. The first kappa shape index (κ1) is 11.4. The van der Waals surface area contributed by atoms with Gasteiger partial charge in [-0.3, -0.25) is 9.36 Å². The third kappa shape index (κ3) is 1.92. The van der Waals surface area contributed by atoms with Crippen LogP contribution in [-0.4, -0.2) is 10.5 Å². The van der Waals surface area contributed by atoms with E-state index in [4.69, 9.17) is 0 Å². The van der Waals surface area contributed by atoms with Crippen molar-refractivity contribution >= 4 is 32.7 Å². The van der Waals surface area contributed by atoms with Gasteiger partial charge in [-0.15, -0.1) is 0 Å². The van der Waals surface area contributed by atoms with Crippen LogP contribution in [0, 0.1) is 5.41 Å². The Morgan fingerprint density at radius 2 is 1.94 bits per heavy atom. The number of carbonyl (C=O) groups is 1. The van der Waals surface area contributed by atoms with Gasteiger partial charge in [-0.2, -0.15) is 0 Å². The molecule has 0 aliphatic heterocycles. The van der Waals surface area contributed by atoms with Crippen LogP contribution in [-0.2, 0) is 0 Å². The summed E-state index contributed by atoms with van der Waals surface area (Å²) in [6.07, 6.45) is 1.84. The summed E-state index contributed by atoms with van der Waals surface area (Å²) in [4.78, 5) is 12.2. The van der Waals surface area contributed by atoms with E-state index in [1.807, 2.05) is 51.2 Å². The van der Waals surface area contributed by atoms with Crippen molar-refractivity contribution in [3.8, 4) is 0 Å². The molecule has 0 N–H and O–H groups in total. The highest BCUT2D eigenvalue weighted by molar-refractivity contribution is 9.10. The Morgan fingerprint density at radius 1 is 1.25 bits per heavy atom. The van der Waals surface area contributed by atoms with Crippen LogP contribution in [0.2, 0.25) is 0 Å². The zero-order valence-electron chi connectivity index (χ0n) is 9.62. The lowest BCUT2D eigenvalue weighted by atomic mass is 9.95. The molecule has 1 heterocycles. The van der Waals surface area contributed by atoms with Gasteiger partial charge in [0.25, 0.3) is 0 Å². The minimum Gasteiger partial charge on any atom is -0.287 e. The Balaban J connectivity index is 2.59. The molecule has 0 fully saturated rings. The lowest BCUT2D eigenvalue weighted by Crippen LogP contribution is -2.25. The van der Waals surface area contributed by atoms with Crippen molar-refractivity contribution in [3.63, 3.8) is 0 Å². The van der Waals surface area contributed by atoms with E-state index in [1.165, 1.54) is 0 Å². The van der Waals surface area contributed by atoms with Crippen LogP contribution in [0.15, 0.2) is 34.9 Å². The third-order valence-corrected chi connectivity index (χ3v) is 3.01. The summed E-state index contributed by atoms with van der Waals surface area (Å²) in [7, 11) is 0. The summed E-state index contributed by atoms with van der Waals surface area (Å²) in [6.45, 7) is 5.79. The monoisotopic (exact) mass is 279 g/mol. The minimum absolute atomic E-state index is 0.116. The van der Waals surface area contributed by atoms with Crippen molar-refractivity contribution in [2.45, 2.75) is 20.8 Å². The molecule has 1 aromatic carbocycles. The highest BCUT2D eigenvalue weighted by atomic mass is 79.9. The summed E-state index contributed by atoms with van der Waals surface area (Å²) >= 11 is 3.42. The molecule has 84 valence electrons. The van der Waals surface area contributed by atoms with E-state index in [0.29, 0.717) is 0 Å². The van der Waals surface area contributed by atoms with Crippen molar-refractivity contribution in [2.24, 2.45) is 5.41 Å². The molecule has 3 heteroatoms. The van der Waals surface area contributed by atoms with Gasteiger partial charge in [0.1, 0.15) is 0 Å². The fourth-order valence-electron chi connectivity index (χ4n) is 1.65. The number of benzene rings is 1. The molecule has 0 spiro atoms. The number of aromatic nitrogens is 1. The SMILES string of the molecule is CC(C)(C)C(=O)n1ccc2cc(Br)ccc21. The topological polar surface area (TPSA) is 22.0 Å². The Hall–Kier alpha value is -1.09. The largest absolute Gasteiger partial charge is 0.287 e. The van der Waals surface area contributed by atoms with Gasteiger partial charge >= 0.3 is 0 Å². The number of nitrogens with zero attached hydrogens (tertiary/aromatic N) is 1. The van der Waals surface area contributed by atoms with Crippen LogP contribution in [0.25, 0.3) is 10.9 Å². The van der Waals surface area contributed by atoms with Gasteiger partial charge in [0.15, 0.2) is 0 Å². The number of hydrogen-bond acceptors (Lipinski definition) is 1. The second-order valence-electron chi connectivity index (χ2n) is 4.94. The number of rotatable bonds is 0. The smallest absolute Gasteiger partial charge is 0.236 e. The molecule has 0 bridgehead atoms. The first-order chi connectivity index (χ1) is 7.39. The van der Waals surface area contributed by atoms with Crippen molar-refractivity contribution in [1.82, 2.24) is 4.57 Å². The van der Waals surface area contributed by atoms with Crippen LogP contribution in [0.3, 0.4) is 0 Å². The van der Waals surface area contributed by atoms with Crippen molar-refractivity contribution in [3.05, 3.63) is 34.9 Å². The summed E-state index contributed by atoms with van der Waals surface area (Å²) in [6, 6.07) is 7.89. The lowest BCUT2D eigenvalue weighted by molar-refractivity contribution is 0.0772. The van der Waals surface area contributed by atoms with E-state index in [-0.39, 0.29) is 11.3 Å². The van der Waals surface area contributed by atoms with E-state index < -0.39 is 0 Å². The molecule has 1 aromatic heterocycles. The van der Waals surface area contributed by atoms with Gasteiger partial charge in [-0.25, -0.2) is 0 Å². The van der Waals surface area contributed by atoms with Crippen molar-refractivity contribution < 1.29 is 4.79 Å². The zero-order chi connectivity index (χ0) is 11.9. The second-order valence-corrected chi connectivity index (χ2v) is 5.86. The molecule has 0 unspecified atom stereocenters. The van der Waals surface area contributed by atoms with Crippen LogP contribution >= 0.6 is 15.9 Å². The maximum Gasteiger partial charge on any atom is 0.236 e. The van der Waals surface area contributed by atoms with Crippen molar-refractivity contribution in [2.75, 3.05) is 0 Å². The fraction of sp³-hybridized carbons (Fsp3) is 0.308. The Morgan fingerprint density at radius 3 is 2.56 bits per heavy atom. The molecule has 0 aliphatic rings. The number of hydrogen-bond donors (Lipinski definition) is 0. The van der Waals surface area contributed by atoms with E-state index in [9.17, 15) is 4.79 Å². The Kier molecular flexibility index (Phi) is 2.66. The zero-order valence-corrected chi connectivity index (χ0v) is 11.2. The van der Waals surface area contributed by atoms with E-state index >= 15 is 0 Å². The van der Waals surface area contributed by atoms with Crippen LogP contribution in [0.4, 0.5) is 0 Å². The Labute approximate surface area is 103 Å². The first-order valence-corrected chi connectivity index (χ1v) is 6.00. The molecule has 0 atom stereocenters. The first-order valence-electron chi connectivity index (χ1n) is 5.21. The predicted molar refractivity (Wildman–Crippen MR) is 69.7 cm³/mol. The van der Waals surface area contributed by atoms with Crippen molar-refractivity contribution in [1.29, 1.82) is 0 Å². The molecule has 2 aromatic rings. The van der Waals surface area contributed by atoms with E-state index in [0.717, 1.165) is 15.4 Å². The molecule has 0 aliphatic carbocycles. The van der Waals surface area contributed by atoms with Crippen LogP contribution in [0.1, 0.15) is 25.6 Å². The average molecular weight is 280 g/mol. The molecule has 0 saturated carbocycles. The highest BCUT2D eigenvalue weighted by Gasteiger charge is 2.23. The van der Waals surface area contributed by atoms with Gasteiger partial charge in [0.2, 0.25) is 5.91 Å². The normalized spacial score (nSPS) is 12.0.